The lowest BCUT2D eigenvalue weighted by atomic mass is 10.2. The van der Waals surface area contributed by atoms with Crippen LogP contribution in [0, 0.1) is 12.8 Å². The summed E-state index contributed by atoms with van der Waals surface area (Å²) in [4.78, 5) is 19.2. The summed E-state index contributed by atoms with van der Waals surface area (Å²) < 4.78 is 0. The second kappa shape index (κ2) is 6.96. The van der Waals surface area contributed by atoms with E-state index in [1.807, 2.05) is 6.92 Å². The maximum atomic E-state index is 12.2. The van der Waals surface area contributed by atoms with Gasteiger partial charge in [0, 0.05) is 30.2 Å². The van der Waals surface area contributed by atoms with Gasteiger partial charge in [-0.05, 0) is 45.1 Å². The van der Waals surface area contributed by atoms with Gasteiger partial charge in [0.15, 0.2) is 0 Å². The van der Waals surface area contributed by atoms with Crippen molar-refractivity contribution < 1.29 is 4.79 Å². The van der Waals surface area contributed by atoms with Crippen molar-refractivity contribution in [3.8, 4) is 0 Å². The number of hydrogen-bond donors (Lipinski definition) is 2. The van der Waals surface area contributed by atoms with Gasteiger partial charge in [0.25, 0.3) is 0 Å². The van der Waals surface area contributed by atoms with Crippen LogP contribution in [0.5, 0.6) is 0 Å². The SMILES string of the molecule is CCN(CCNC(=O)N[C@H](c1nc(C)cs1)C1CC1)C1CC1. The Morgan fingerprint density at radius 3 is 2.77 bits per heavy atom. The molecule has 2 aliphatic rings. The van der Waals surface area contributed by atoms with Gasteiger partial charge in [-0.1, -0.05) is 6.92 Å². The predicted octanol–water partition coefficient (Wildman–Crippen LogP) is 2.69. The number of nitrogens with one attached hydrogen (secondary N) is 2. The molecule has 2 saturated carbocycles. The molecule has 22 heavy (non-hydrogen) atoms. The number of hydrogen-bond acceptors (Lipinski definition) is 4. The van der Waals surface area contributed by atoms with Crippen molar-refractivity contribution in [1.82, 2.24) is 20.5 Å². The summed E-state index contributed by atoms with van der Waals surface area (Å²) in [5.41, 5.74) is 1.04. The van der Waals surface area contributed by atoms with Crippen LogP contribution in [0.15, 0.2) is 5.38 Å². The second-order valence-corrected chi connectivity index (χ2v) is 7.29. The Hall–Kier alpha value is -1.14. The number of carbonyl (C=O) groups excluding carboxylic acids is 1. The number of thiazole rings is 1. The van der Waals surface area contributed by atoms with E-state index in [1.54, 1.807) is 11.3 Å². The molecule has 0 spiro atoms. The van der Waals surface area contributed by atoms with Crippen molar-refractivity contribution in [3.05, 3.63) is 16.1 Å². The Labute approximate surface area is 136 Å². The Balaban J connectivity index is 1.45. The molecule has 0 aliphatic heterocycles. The number of likely N-dealkylation sites (N-methyl/N-ethyl adjacent to an activating group) is 1. The summed E-state index contributed by atoms with van der Waals surface area (Å²) in [6, 6.07) is 0.786. The molecule has 1 aromatic heterocycles. The maximum absolute atomic E-state index is 12.2. The largest absolute Gasteiger partial charge is 0.337 e. The molecule has 2 N–H and O–H groups in total. The van der Waals surface area contributed by atoms with Crippen LogP contribution in [0.25, 0.3) is 0 Å². The lowest BCUT2D eigenvalue weighted by Gasteiger charge is -2.21. The van der Waals surface area contributed by atoms with E-state index < -0.39 is 0 Å². The molecule has 122 valence electrons. The fourth-order valence-electron chi connectivity index (χ4n) is 2.87. The average Bonchev–Trinajstić information content (AvgIpc) is 3.40. The topological polar surface area (TPSA) is 57.3 Å². The third-order valence-corrected chi connectivity index (χ3v) is 5.48. The summed E-state index contributed by atoms with van der Waals surface area (Å²) >= 11 is 1.65. The van der Waals surface area contributed by atoms with Gasteiger partial charge in [0.2, 0.25) is 0 Å². The van der Waals surface area contributed by atoms with E-state index in [2.05, 4.69) is 32.8 Å². The van der Waals surface area contributed by atoms with E-state index in [1.165, 1.54) is 25.7 Å². The van der Waals surface area contributed by atoms with E-state index in [-0.39, 0.29) is 12.1 Å². The van der Waals surface area contributed by atoms with Gasteiger partial charge in [-0.2, -0.15) is 0 Å². The highest BCUT2D eigenvalue weighted by atomic mass is 32.1. The first kappa shape index (κ1) is 15.7. The molecule has 0 unspecified atom stereocenters. The molecule has 0 bridgehead atoms. The highest BCUT2D eigenvalue weighted by Crippen LogP contribution is 2.41. The molecular weight excluding hydrogens is 296 g/mol. The van der Waals surface area contributed by atoms with Crippen LogP contribution < -0.4 is 10.6 Å². The van der Waals surface area contributed by atoms with Crippen molar-refractivity contribution >= 4 is 17.4 Å². The van der Waals surface area contributed by atoms with Gasteiger partial charge < -0.3 is 10.6 Å². The Morgan fingerprint density at radius 2 is 2.23 bits per heavy atom. The van der Waals surface area contributed by atoms with E-state index in [0.29, 0.717) is 12.5 Å². The van der Waals surface area contributed by atoms with Crippen molar-refractivity contribution in [3.63, 3.8) is 0 Å². The van der Waals surface area contributed by atoms with Crippen molar-refractivity contribution in [1.29, 1.82) is 0 Å². The zero-order chi connectivity index (χ0) is 15.5. The van der Waals surface area contributed by atoms with Gasteiger partial charge in [-0.15, -0.1) is 11.3 Å². The molecule has 1 atom stereocenters. The van der Waals surface area contributed by atoms with Crippen LogP contribution in [-0.2, 0) is 0 Å². The van der Waals surface area contributed by atoms with Crippen LogP contribution in [-0.4, -0.2) is 41.6 Å². The summed E-state index contributed by atoms with van der Waals surface area (Å²) in [6.07, 6.45) is 5.00. The lowest BCUT2D eigenvalue weighted by molar-refractivity contribution is 0.230. The molecule has 1 aromatic rings. The van der Waals surface area contributed by atoms with E-state index in [9.17, 15) is 4.79 Å². The van der Waals surface area contributed by atoms with Crippen LogP contribution in [0.4, 0.5) is 4.79 Å². The number of carbonyl (C=O) groups is 1. The zero-order valence-corrected chi connectivity index (χ0v) is 14.3. The molecule has 0 aromatic carbocycles. The summed E-state index contributed by atoms with van der Waals surface area (Å²) in [6.45, 7) is 6.91. The Bertz CT molecular complexity index is 510. The highest BCUT2D eigenvalue weighted by molar-refractivity contribution is 7.09. The fourth-order valence-corrected chi connectivity index (χ4v) is 3.81. The molecule has 2 amide bonds. The van der Waals surface area contributed by atoms with E-state index in [4.69, 9.17) is 0 Å². The van der Waals surface area contributed by atoms with Crippen molar-refractivity contribution in [2.24, 2.45) is 5.92 Å². The monoisotopic (exact) mass is 322 g/mol. The standard InChI is InChI=1S/C16H26N4OS/c1-3-20(13-6-7-13)9-8-17-16(21)19-14(12-4-5-12)15-18-11(2)10-22-15/h10,12-14H,3-9H2,1-2H3,(H2,17,19,21)/t14-/m0/s1. The molecule has 1 heterocycles. The molecule has 6 heteroatoms. The molecule has 0 saturated heterocycles. The minimum Gasteiger partial charge on any atom is -0.337 e. The number of rotatable bonds is 8. The predicted molar refractivity (Wildman–Crippen MR) is 89.1 cm³/mol. The Morgan fingerprint density at radius 1 is 1.45 bits per heavy atom. The minimum absolute atomic E-state index is 0.0587. The third kappa shape index (κ3) is 4.20. The van der Waals surface area contributed by atoms with Crippen LogP contribution in [0.2, 0.25) is 0 Å². The zero-order valence-electron chi connectivity index (χ0n) is 13.5. The summed E-state index contributed by atoms with van der Waals surface area (Å²) in [5.74, 6) is 0.565. The smallest absolute Gasteiger partial charge is 0.315 e. The minimum atomic E-state index is -0.0587. The number of aromatic nitrogens is 1. The quantitative estimate of drug-likeness (QED) is 0.774. The summed E-state index contributed by atoms with van der Waals surface area (Å²) in [7, 11) is 0. The van der Waals surface area contributed by atoms with Gasteiger partial charge >= 0.3 is 6.03 Å². The first-order chi connectivity index (χ1) is 10.7. The number of urea groups is 1. The fraction of sp³-hybridized carbons (Fsp3) is 0.750. The van der Waals surface area contributed by atoms with Crippen LogP contribution in [0.3, 0.4) is 0 Å². The number of nitrogens with zero attached hydrogens (tertiary/aromatic N) is 2. The van der Waals surface area contributed by atoms with Gasteiger partial charge in [0.1, 0.15) is 5.01 Å². The molecular formula is C16H26N4OS. The van der Waals surface area contributed by atoms with Gasteiger partial charge in [-0.25, -0.2) is 9.78 Å². The number of amides is 2. The Kier molecular flexibility index (Phi) is 4.98. The first-order valence-corrected chi connectivity index (χ1v) is 9.25. The van der Waals surface area contributed by atoms with E-state index in [0.717, 1.165) is 29.8 Å². The number of aryl methyl sites for hydroxylation is 1. The summed E-state index contributed by atoms with van der Waals surface area (Å²) in [5, 5.41) is 9.23. The molecule has 0 radical (unpaired) electrons. The van der Waals surface area contributed by atoms with Crippen LogP contribution in [0.1, 0.15) is 49.4 Å². The third-order valence-electron chi connectivity index (χ3n) is 4.44. The maximum Gasteiger partial charge on any atom is 0.315 e. The second-order valence-electron chi connectivity index (χ2n) is 6.40. The van der Waals surface area contributed by atoms with Gasteiger partial charge in [0.05, 0.1) is 6.04 Å². The molecule has 5 nitrogen and oxygen atoms in total. The van der Waals surface area contributed by atoms with E-state index >= 15 is 0 Å². The van der Waals surface area contributed by atoms with Crippen molar-refractivity contribution in [2.75, 3.05) is 19.6 Å². The normalized spacial score (nSPS) is 19.2. The van der Waals surface area contributed by atoms with Crippen molar-refractivity contribution in [2.45, 2.75) is 51.6 Å². The van der Waals surface area contributed by atoms with Gasteiger partial charge in [-0.3, -0.25) is 4.90 Å². The molecule has 3 rings (SSSR count). The first-order valence-electron chi connectivity index (χ1n) is 8.37. The average molecular weight is 322 g/mol. The van der Waals surface area contributed by atoms with Crippen LogP contribution >= 0.6 is 11.3 Å². The molecule has 2 fully saturated rings. The molecule has 2 aliphatic carbocycles. The highest BCUT2D eigenvalue weighted by Gasteiger charge is 2.35. The lowest BCUT2D eigenvalue weighted by Crippen LogP contribution is -2.42.